The molecule has 0 fully saturated rings. The summed E-state index contributed by atoms with van der Waals surface area (Å²) < 4.78 is 0. The number of hydrogen-bond acceptors (Lipinski definition) is 5. The molecule has 0 atom stereocenters. The number of nitro groups is 1. The highest BCUT2D eigenvalue weighted by Crippen LogP contribution is 2.34. The molecule has 100 valence electrons. The van der Waals surface area contributed by atoms with E-state index in [-0.39, 0.29) is 10.6 Å². The summed E-state index contributed by atoms with van der Waals surface area (Å²) in [5.74, 6) is 0. The van der Waals surface area contributed by atoms with Gasteiger partial charge in [-0.1, -0.05) is 12.1 Å². The molecule has 2 aromatic heterocycles. The fraction of sp³-hybridized carbons (Fsp3) is 0.0714. The fourth-order valence-corrected chi connectivity index (χ4v) is 3.81. The van der Waals surface area contributed by atoms with Crippen molar-refractivity contribution in [3.63, 3.8) is 0 Å². The summed E-state index contributed by atoms with van der Waals surface area (Å²) in [5, 5.41) is 15.7. The minimum atomic E-state index is -0.389. The van der Waals surface area contributed by atoms with Gasteiger partial charge in [-0.3, -0.25) is 10.1 Å². The molecule has 0 aliphatic rings. The predicted molar refractivity (Wildman–Crippen MR) is 82.3 cm³/mol. The molecule has 0 aliphatic heterocycles. The third-order valence-corrected chi connectivity index (χ3v) is 4.93. The third kappa shape index (κ3) is 2.35. The molecule has 0 saturated carbocycles. The topological polar surface area (TPSA) is 56.0 Å². The van der Waals surface area contributed by atoms with E-state index in [9.17, 15) is 10.1 Å². The second-order valence-corrected chi connectivity index (χ2v) is 6.05. The molecule has 6 heteroatoms. The minimum absolute atomic E-state index is 0.0874. The lowest BCUT2D eigenvalue weighted by molar-refractivity contribution is -0.384. The number of aryl methyl sites for hydroxylation is 1. The van der Waals surface area contributed by atoms with Crippen molar-refractivity contribution < 1.29 is 4.92 Å². The van der Waals surface area contributed by atoms with Crippen LogP contribution >= 0.6 is 22.7 Å². The van der Waals surface area contributed by atoms with E-state index >= 15 is 0 Å². The Labute approximate surface area is 123 Å². The molecule has 1 aromatic carbocycles. The largest absolute Gasteiger partial charge is 0.270 e. The van der Waals surface area contributed by atoms with E-state index in [1.54, 1.807) is 34.8 Å². The fourth-order valence-electron chi connectivity index (χ4n) is 1.88. The highest BCUT2D eigenvalue weighted by Gasteiger charge is 2.12. The van der Waals surface area contributed by atoms with Crippen LogP contribution in [0.4, 0.5) is 5.69 Å². The van der Waals surface area contributed by atoms with E-state index in [1.165, 1.54) is 11.6 Å². The molecule has 0 spiro atoms. The van der Waals surface area contributed by atoms with Crippen molar-refractivity contribution in [2.24, 2.45) is 0 Å². The van der Waals surface area contributed by atoms with Gasteiger partial charge in [0.25, 0.3) is 5.69 Å². The van der Waals surface area contributed by atoms with Crippen molar-refractivity contribution in [3.05, 3.63) is 56.8 Å². The Morgan fingerprint density at radius 3 is 2.80 bits per heavy atom. The maximum atomic E-state index is 10.8. The van der Waals surface area contributed by atoms with Gasteiger partial charge in [0.05, 0.1) is 15.5 Å². The second kappa shape index (κ2) is 5.15. The number of hydrogen-bond donors (Lipinski definition) is 0. The summed E-state index contributed by atoms with van der Waals surface area (Å²) in [4.78, 5) is 16.2. The minimum Gasteiger partial charge on any atom is -0.258 e. The molecule has 3 aromatic rings. The van der Waals surface area contributed by atoms with Crippen LogP contribution in [-0.4, -0.2) is 9.91 Å². The Hall–Kier alpha value is -2.05. The summed E-state index contributed by atoms with van der Waals surface area (Å²) in [7, 11) is 0. The standard InChI is InChI=1S/C14H10N2O2S2/c1-9-5-6-19-13(9)14-15-12(8-20-14)10-3-2-4-11(7-10)16(17)18/h2-8H,1H3. The normalized spacial score (nSPS) is 10.7. The van der Waals surface area contributed by atoms with Crippen LogP contribution in [0.1, 0.15) is 5.56 Å². The number of non-ortho nitro benzene ring substituents is 1. The number of thiophene rings is 1. The summed E-state index contributed by atoms with van der Waals surface area (Å²) in [6, 6.07) is 8.63. The quantitative estimate of drug-likeness (QED) is 0.518. The molecule has 0 radical (unpaired) electrons. The molecular weight excluding hydrogens is 292 g/mol. The zero-order valence-electron chi connectivity index (χ0n) is 10.6. The Balaban J connectivity index is 2.00. The number of aromatic nitrogens is 1. The molecule has 0 aliphatic carbocycles. The number of benzene rings is 1. The summed E-state index contributed by atoms with van der Waals surface area (Å²) in [5.41, 5.74) is 2.84. The highest BCUT2D eigenvalue weighted by atomic mass is 32.1. The highest BCUT2D eigenvalue weighted by molar-refractivity contribution is 7.20. The van der Waals surface area contributed by atoms with E-state index in [0.717, 1.165) is 21.1 Å². The lowest BCUT2D eigenvalue weighted by Gasteiger charge is -1.97. The van der Waals surface area contributed by atoms with E-state index in [4.69, 9.17) is 0 Å². The zero-order chi connectivity index (χ0) is 14.1. The van der Waals surface area contributed by atoms with Crippen molar-refractivity contribution in [1.29, 1.82) is 0 Å². The first-order valence-electron chi connectivity index (χ1n) is 5.90. The van der Waals surface area contributed by atoms with Crippen LogP contribution in [0.3, 0.4) is 0 Å². The Morgan fingerprint density at radius 1 is 1.25 bits per heavy atom. The number of rotatable bonds is 3. The predicted octanol–water partition coefficient (Wildman–Crippen LogP) is 4.76. The summed E-state index contributed by atoms with van der Waals surface area (Å²) >= 11 is 3.22. The first kappa shape index (κ1) is 13.0. The van der Waals surface area contributed by atoms with Crippen LogP contribution in [0.5, 0.6) is 0 Å². The summed E-state index contributed by atoms with van der Waals surface area (Å²) in [6.07, 6.45) is 0. The van der Waals surface area contributed by atoms with Gasteiger partial charge in [-0.2, -0.15) is 0 Å². The average molecular weight is 302 g/mol. The van der Waals surface area contributed by atoms with Crippen LogP contribution < -0.4 is 0 Å². The molecule has 3 rings (SSSR count). The smallest absolute Gasteiger partial charge is 0.258 e. The van der Waals surface area contributed by atoms with Gasteiger partial charge in [0, 0.05) is 23.1 Å². The molecule has 0 saturated heterocycles. The third-order valence-electron chi connectivity index (χ3n) is 2.91. The van der Waals surface area contributed by atoms with Crippen LogP contribution in [0.15, 0.2) is 41.1 Å². The maximum Gasteiger partial charge on any atom is 0.270 e. The van der Waals surface area contributed by atoms with Crippen LogP contribution in [0.25, 0.3) is 21.1 Å². The van der Waals surface area contributed by atoms with Gasteiger partial charge in [0.15, 0.2) is 0 Å². The van der Waals surface area contributed by atoms with E-state index in [2.05, 4.69) is 18.0 Å². The molecule has 2 heterocycles. The van der Waals surface area contributed by atoms with Gasteiger partial charge in [-0.05, 0) is 23.9 Å². The lowest BCUT2D eigenvalue weighted by atomic mass is 10.1. The molecule has 0 N–H and O–H groups in total. The lowest BCUT2D eigenvalue weighted by Crippen LogP contribution is -1.88. The Kier molecular flexibility index (Phi) is 3.33. The van der Waals surface area contributed by atoms with Crippen molar-refractivity contribution >= 4 is 28.4 Å². The SMILES string of the molecule is Cc1ccsc1-c1nc(-c2cccc([N+](=O)[O-])c2)cs1. The molecule has 0 bridgehead atoms. The van der Waals surface area contributed by atoms with Gasteiger partial charge >= 0.3 is 0 Å². The zero-order valence-corrected chi connectivity index (χ0v) is 12.2. The van der Waals surface area contributed by atoms with Crippen molar-refractivity contribution in [2.75, 3.05) is 0 Å². The van der Waals surface area contributed by atoms with Gasteiger partial charge in [-0.25, -0.2) is 4.98 Å². The monoisotopic (exact) mass is 302 g/mol. The van der Waals surface area contributed by atoms with E-state index in [0.29, 0.717) is 0 Å². The maximum absolute atomic E-state index is 10.8. The average Bonchev–Trinajstić information content (AvgIpc) is 3.07. The van der Waals surface area contributed by atoms with Crippen molar-refractivity contribution in [3.8, 4) is 21.1 Å². The molecular formula is C14H10N2O2S2. The molecule has 0 amide bonds. The van der Waals surface area contributed by atoms with Gasteiger partial charge in [0.1, 0.15) is 5.01 Å². The Bertz CT molecular complexity index is 777. The molecule has 20 heavy (non-hydrogen) atoms. The molecule has 0 unspecified atom stereocenters. The first-order valence-corrected chi connectivity index (χ1v) is 7.66. The second-order valence-electron chi connectivity index (χ2n) is 4.28. The van der Waals surface area contributed by atoms with Gasteiger partial charge < -0.3 is 0 Å². The van der Waals surface area contributed by atoms with Gasteiger partial charge in [-0.15, -0.1) is 22.7 Å². The number of nitro benzene ring substituents is 1. The van der Waals surface area contributed by atoms with Crippen LogP contribution in [0, 0.1) is 17.0 Å². The Morgan fingerprint density at radius 2 is 2.10 bits per heavy atom. The first-order chi connectivity index (χ1) is 9.65. The van der Waals surface area contributed by atoms with Gasteiger partial charge in [0.2, 0.25) is 0 Å². The number of nitrogens with zero attached hydrogens (tertiary/aromatic N) is 2. The summed E-state index contributed by atoms with van der Waals surface area (Å²) in [6.45, 7) is 2.06. The molecule has 4 nitrogen and oxygen atoms in total. The van der Waals surface area contributed by atoms with Crippen LogP contribution in [0.2, 0.25) is 0 Å². The van der Waals surface area contributed by atoms with Crippen molar-refractivity contribution in [2.45, 2.75) is 6.92 Å². The number of thiazole rings is 1. The van der Waals surface area contributed by atoms with E-state index < -0.39 is 0 Å². The van der Waals surface area contributed by atoms with Crippen molar-refractivity contribution in [1.82, 2.24) is 4.98 Å². The van der Waals surface area contributed by atoms with E-state index in [1.807, 2.05) is 16.8 Å². The van der Waals surface area contributed by atoms with Crippen LogP contribution in [-0.2, 0) is 0 Å².